The first kappa shape index (κ1) is 15.2. The molecule has 0 radical (unpaired) electrons. The molecule has 108 valence electrons. The minimum atomic E-state index is -0.261. The van der Waals surface area contributed by atoms with Gasteiger partial charge in [-0.3, -0.25) is 0 Å². The Kier molecular flexibility index (Phi) is 4.96. The second kappa shape index (κ2) is 6.52. The summed E-state index contributed by atoms with van der Waals surface area (Å²) in [5.74, 6) is 0.869. The van der Waals surface area contributed by atoms with Gasteiger partial charge in [-0.2, -0.15) is 0 Å². The normalized spacial score (nSPS) is 14.2. The highest BCUT2D eigenvalue weighted by molar-refractivity contribution is 9.10. The van der Waals surface area contributed by atoms with Crippen LogP contribution < -0.4 is 5.32 Å². The van der Waals surface area contributed by atoms with Crippen LogP contribution in [0.3, 0.4) is 0 Å². The monoisotopic (exact) mass is 337 g/mol. The second-order valence-corrected chi connectivity index (χ2v) is 6.10. The number of halogens is 1. The van der Waals surface area contributed by atoms with Gasteiger partial charge in [0.05, 0.1) is 25.0 Å². The van der Waals surface area contributed by atoms with Crippen molar-refractivity contribution in [2.24, 2.45) is 0 Å². The van der Waals surface area contributed by atoms with Gasteiger partial charge in [-0.25, -0.2) is 4.98 Å². The van der Waals surface area contributed by atoms with Crippen molar-refractivity contribution in [3.8, 4) is 11.3 Å². The molecule has 0 bridgehead atoms. The lowest BCUT2D eigenvalue weighted by Crippen LogP contribution is -2.44. The van der Waals surface area contributed by atoms with Crippen LogP contribution in [0.15, 0.2) is 34.9 Å². The zero-order chi connectivity index (χ0) is 14.6. The zero-order valence-corrected chi connectivity index (χ0v) is 13.4. The van der Waals surface area contributed by atoms with E-state index in [4.69, 9.17) is 0 Å². The van der Waals surface area contributed by atoms with Gasteiger partial charge in [0.25, 0.3) is 0 Å². The lowest BCUT2D eigenvalue weighted by atomic mass is 10.0. The third-order valence-corrected chi connectivity index (χ3v) is 4.07. The Labute approximate surface area is 127 Å². The standard InChI is InChI=1S/C15H20BrN3O/c1-3-15(2,10-20)18-9-14-17-8-13(19-14)11-5-4-6-12(16)7-11/h4-8,18,20H,3,9-10H2,1-2H3,(H,17,19). The van der Waals surface area contributed by atoms with Gasteiger partial charge >= 0.3 is 0 Å². The van der Waals surface area contributed by atoms with Crippen LogP contribution in [0, 0.1) is 0 Å². The minimum Gasteiger partial charge on any atom is -0.394 e. The third kappa shape index (κ3) is 3.69. The Hall–Kier alpha value is -1.17. The molecule has 0 saturated carbocycles. The number of nitrogens with zero attached hydrogens (tertiary/aromatic N) is 1. The molecule has 20 heavy (non-hydrogen) atoms. The third-order valence-electron chi connectivity index (χ3n) is 3.58. The first-order chi connectivity index (χ1) is 9.56. The first-order valence-electron chi connectivity index (χ1n) is 6.72. The number of hydrogen-bond donors (Lipinski definition) is 3. The summed E-state index contributed by atoms with van der Waals surface area (Å²) in [6.45, 7) is 4.78. The van der Waals surface area contributed by atoms with Gasteiger partial charge in [0, 0.05) is 15.6 Å². The molecule has 2 rings (SSSR count). The Morgan fingerprint density at radius 3 is 2.90 bits per heavy atom. The van der Waals surface area contributed by atoms with Gasteiger partial charge in [-0.15, -0.1) is 0 Å². The molecule has 0 aliphatic rings. The molecule has 5 heteroatoms. The predicted molar refractivity (Wildman–Crippen MR) is 84.3 cm³/mol. The number of aromatic amines is 1. The van der Waals surface area contributed by atoms with E-state index in [1.807, 2.05) is 31.3 Å². The molecule has 1 atom stereocenters. The van der Waals surface area contributed by atoms with Crippen molar-refractivity contribution >= 4 is 15.9 Å². The number of aliphatic hydroxyl groups excluding tert-OH is 1. The summed E-state index contributed by atoms with van der Waals surface area (Å²) in [4.78, 5) is 7.68. The molecule has 0 aliphatic carbocycles. The Bertz CT molecular complexity index is 564. The van der Waals surface area contributed by atoms with Gasteiger partial charge in [-0.1, -0.05) is 35.0 Å². The number of aliphatic hydroxyl groups is 1. The molecule has 3 N–H and O–H groups in total. The van der Waals surface area contributed by atoms with E-state index in [1.54, 1.807) is 0 Å². The van der Waals surface area contributed by atoms with Crippen LogP contribution in [0.25, 0.3) is 11.3 Å². The summed E-state index contributed by atoms with van der Waals surface area (Å²) < 4.78 is 1.04. The molecular formula is C15H20BrN3O. The molecule has 0 aliphatic heterocycles. The van der Waals surface area contributed by atoms with E-state index >= 15 is 0 Å². The summed E-state index contributed by atoms with van der Waals surface area (Å²) in [5.41, 5.74) is 1.83. The molecule has 1 aromatic heterocycles. The number of H-pyrrole nitrogens is 1. The molecule has 1 unspecified atom stereocenters. The van der Waals surface area contributed by atoms with Crippen molar-refractivity contribution < 1.29 is 5.11 Å². The Morgan fingerprint density at radius 1 is 1.45 bits per heavy atom. The van der Waals surface area contributed by atoms with E-state index in [-0.39, 0.29) is 12.1 Å². The van der Waals surface area contributed by atoms with Gasteiger partial charge in [0.15, 0.2) is 0 Å². The fourth-order valence-corrected chi connectivity index (χ4v) is 2.24. The van der Waals surface area contributed by atoms with Gasteiger partial charge in [0.1, 0.15) is 5.82 Å². The topological polar surface area (TPSA) is 60.9 Å². The fourth-order valence-electron chi connectivity index (χ4n) is 1.84. The fraction of sp³-hybridized carbons (Fsp3) is 0.400. The van der Waals surface area contributed by atoms with Crippen molar-refractivity contribution in [3.05, 3.63) is 40.8 Å². The number of nitrogens with one attached hydrogen (secondary N) is 2. The zero-order valence-electron chi connectivity index (χ0n) is 11.8. The van der Waals surface area contributed by atoms with E-state index in [0.29, 0.717) is 6.54 Å². The number of benzene rings is 1. The number of imidazole rings is 1. The molecule has 0 fully saturated rings. The Balaban J connectivity index is 2.06. The molecular weight excluding hydrogens is 318 g/mol. The summed E-state index contributed by atoms with van der Waals surface area (Å²) in [5, 5.41) is 12.7. The van der Waals surface area contributed by atoms with E-state index in [0.717, 1.165) is 28.0 Å². The van der Waals surface area contributed by atoms with Crippen LogP contribution >= 0.6 is 15.9 Å². The quantitative estimate of drug-likeness (QED) is 0.759. The SMILES string of the molecule is CCC(C)(CO)NCc1ncc(-c2cccc(Br)c2)[nH]1. The van der Waals surface area contributed by atoms with Crippen LogP contribution in [0.2, 0.25) is 0 Å². The van der Waals surface area contributed by atoms with Crippen molar-refractivity contribution in [1.82, 2.24) is 15.3 Å². The van der Waals surface area contributed by atoms with Crippen molar-refractivity contribution in [2.75, 3.05) is 6.61 Å². The minimum absolute atomic E-state index is 0.114. The van der Waals surface area contributed by atoms with Gasteiger partial charge in [0.2, 0.25) is 0 Å². The molecule has 1 aromatic carbocycles. The lowest BCUT2D eigenvalue weighted by molar-refractivity contribution is 0.168. The van der Waals surface area contributed by atoms with Crippen LogP contribution in [-0.2, 0) is 6.54 Å². The van der Waals surface area contributed by atoms with Gasteiger partial charge < -0.3 is 15.4 Å². The highest BCUT2D eigenvalue weighted by Crippen LogP contribution is 2.21. The first-order valence-corrected chi connectivity index (χ1v) is 7.51. The maximum Gasteiger partial charge on any atom is 0.120 e. The van der Waals surface area contributed by atoms with Gasteiger partial charge in [-0.05, 0) is 25.5 Å². The molecule has 2 aromatic rings. The summed E-state index contributed by atoms with van der Waals surface area (Å²) in [6.07, 6.45) is 2.70. The van der Waals surface area contributed by atoms with E-state index in [2.05, 4.69) is 44.2 Å². The van der Waals surface area contributed by atoms with E-state index in [9.17, 15) is 5.11 Å². The van der Waals surface area contributed by atoms with E-state index < -0.39 is 0 Å². The molecule has 1 heterocycles. The number of hydrogen-bond acceptors (Lipinski definition) is 3. The van der Waals surface area contributed by atoms with Crippen LogP contribution in [0.5, 0.6) is 0 Å². The molecule has 0 saturated heterocycles. The smallest absolute Gasteiger partial charge is 0.120 e. The second-order valence-electron chi connectivity index (χ2n) is 5.18. The van der Waals surface area contributed by atoms with Crippen molar-refractivity contribution in [3.63, 3.8) is 0 Å². The predicted octanol–water partition coefficient (Wildman–Crippen LogP) is 3.09. The average molecular weight is 338 g/mol. The maximum absolute atomic E-state index is 9.38. The number of rotatable bonds is 6. The van der Waals surface area contributed by atoms with Crippen LogP contribution in [0.4, 0.5) is 0 Å². The highest BCUT2D eigenvalue weighted by atomic mass is 79.9. The summed E-state index contributed by atoms with van der Waals surface area (Å²) in [6, 6.07) is 8.09. The van der Waals surface area contributed by atoms with Crippen molar-refractivity contribution in [1.29, 1.82) is 0 Å². The van der Waals surface area contributed by atoms with Crippen LogP contribution in [-0.4, -0.2) is 27.2 Å². The maximum atomic E-state index is 9.38. The molecule has 0 spiro atoms. The highest BCUT2D eigenvalue weighted by Gasteiger charge is 2.20. The Morgan fingerprint density at radius 2 is 2.25 bits per heavy atom. The van der Waals surface area contributed by atoms with Crippen molar-refractivity contribution in [2.45, 2.75) is 32.4 Å². The molecule has 0 amide bonds. The lowest BCUT2D eigenvalue weighted by Gasteiger charge is -2.26. The average Bonchev–Trinajstić information content (AvgIpc) is 2.94. The summed E-state index contributed by atoms with van der Waals surface area (Å²) in [7, 11) is 0. The summed E-state index contributed by atoms with van der Waals surface area (Å²) >= 11 is 3.47. The molecule has 4 nitrogen and oxygen atoms in total. The largest absolute Gasteiger partial charge is 0.394 e. The number of aromatic nitrogens is 2. The van der Waals surface area contributed by atoms with Crippen LogP contribution in [0.1, 0.15) is 26.1 Å². The van der Waals surface area contributed by atoms with E-state index in [1.165, 1.54) is 0 Å².